The summed E-state index contributed by atoms with van der Waals surface area (Å²) in [5.74, 6) is 0.755. The first-order valence-corrected chi connectivity index (χ1v) is 15.1. The first-order valence-electron chi connectivity index (χ1n) is 14.2. The molecule has 0 aliphatic carbocycles. The number of ether oxygens (including phenoxy) is 1. The van der Waals surface area contributed by atoms with Crippen LogP contribution < -0.4 is 14.6 Å². The topological polar surface area (TPSA) is 42.2 Å². The SMILES string of the molecule is CCCCCCCCCCCCCCOc1ccc(NC(=O)c2cccc(C[n+]3ccsc3C)c2)cc1. The molecule has 37 heavy (non-hydrogen) atoms. The Kier molecular flexibility index (Phi) is 13.3. The largest absolute Gasteiger partial charge is 0.494 e. The fourth-order valence-corrected chi connectivity index (χ4v) is 5.18. The van der Waals surface area contributed by atoms with Gasteiger partial charge in [-0.2, -0.15) is 4.57 Å². The first kappa shape index (κ1) is 28.9. The van der Waals surface area contributed by atoms with E-state index in [1.807, 2.05) is 42.5 Å². The van der Waals surface area contributed by atoms with Gasteiger partial charge in [-0.3, -0.25) is 4.79 Å². The Bertz CT molecular complexity index is 1040. The summed E-state index contributed by atoms with van der Waals surface area (Å²) >= 11 is 1.72. The molecule has 1 amide bonds. The summed E-state index contributed by atoms with van der Waals surface area (Å²) in [6.45, 7) is 5.89. The van der Waals surface area contributed by atoms with Crippen molar-refractivity contribution in [3.8, 4) is 5.75 Å². The molecule has 0 atom stereocenters. The van der Waals surface area contributed by atoms with Crippen molar-refractivity contribution in [1.29, 1.82) is 0 Å². The van der Waals surface area contributed by atoms with Crippen molar-refractivity contribution >= 4 is 22.9 Å². The van der Waals surface area contributed by atoms with Gasteiger partial charge in [0.05, 0.1) is 12.0 Å². The minimum Gasteiger partial charge on any atom is -0.494 e. The number of aromatic nitrogens is 1. The first-order chi connectivity index (χ1) is 18.2. The van der Waals surface area contributed by atoms with Crippen molar-refractivity contribution in [3.63, 3.8) is 0 Å². The summed E-state index contributed by atoms with van der Waals surface area (Å²) in [7, 11) is 0. The molecular formula is C32H45N2O2S+. The van der Waals surface area contributed by atoms with Crippen LogP contribution >= 0.6 is 11.3 Å². The highest BCUT2D eigenvalue weighted by Gasteiger charge is 2.11. The van der Waals surface area contributed by atoms with Crippen molar-refractivity contribution in [2.24, 2.45) is 0 Å². The van der Waals surface area contributed by atoms with Crippen molar-refractivity contribution in [1.82, 2.24) is 0 Å². The second-order valence-electron chi connectivity index (χ2n) is 9.97. The van der Waals surface area contributed by atoms with Gasteiger partial charge < -0.3 is 10.1 Å². The molecule has 0 radical (unpaired) electrons. The number of unbranched alkanes of at least 4 members (excludes halogenated alkanes) is 11. The number of aryl methyl sites for hydroxylation is 1. The number of carbonyl (C=O) groups is 1. The van der Waals surface area contributed by atoms with Crippen LogP contribution in [0.25, 0.3) is 0 Å². The van der Waals surface area contributed by atoms with Crippen molar-refractivity contribution < 1.29 is 14.1 Å². The lowest BCUT2D eigenvalue weighted by Gasteiger charge is -2.09. The molecule has 0 unspecified atom stereocenters. The minimum atomic E-state index is -0.0981. The lowest BCUT2D eigenvalue weighted by atomic mass is 10.1. The van der Waals surface area contributed by atoms with Gasteiger partial charge in [-0.25, -0.2) is 0 Å². The second-order valence-corrected chi connectivity index (χ2v) is 11.1. The number of nitrogens with one attached hydrogen (secondary N) is 1. The van der Waals surface area contributed by atoms with Gasteiger partial charge in [0.2, 0.25) is 5.01 Å². The summed E-state index contributed by atoms with van der Waals surface area (Å²) in [4.78, 5) is 12.8. The highest BCUT2D eigenvalue weighted by molar-refractivity contribution is 7.09. The van der Waals surface area contributed by atoms with Crippen molar-refractivity contribution in [2.75, 3.05) is 11.9 Å². The van der Waals surface area contributed by atoms with Crippen LogP contribution in [0.4, 0.5) is 5.69 Å². The van der Waals surface area contributed by atoms with Crippen LogP contribution in [0.1, 0.15) is 105 Å². The van der Waals surface area contributed by atoms with E-state index in [9.17, 15) is 4.79 Å². The number of amides is 1. The standard InChI is InChI=1S/C32H44N2O2S/c1-3-4-5-6-7-8-9-10-11-12-13-14-23-36-31-20-18-30(19-21-31)33-32(35)29-17-15-16-28(25-29)26-34-22-24-37-27(34)2/h15-22,24-25H,3-14,23,26H2,1-2H3/p+1. The van der Waals surface area contributed by atoms with Crippen LogP contribution in [0.5, 0.6) is 5.75 Å². The molecule has 0 spiro atoms. The van der Waals surface area contributed by atoms with Gasteiger partial charge >= 0.3 is 0 Å². The zero-order valence-corrected chi connectivity index (χ0v) is 23.7. The lowest BCUT2D eigenvalue weighted by Crippen LogP contribution is -2.34. The summed E-state index contributed by atoms with van der Waals surface area (Å²) in [6, 6.07) is 15.5. The summed E-state index contributed by atoms with van der Waals surface area (Å²) in [5.41, 5.74) is 2.55. The number of thiazole rings is 1. The average molecular weight is 522 g/mol. The van der Waals surface area contributed by atoms with Crippen LogP contribution in [0.2, 0.25) is 0 Å². The number of benzene rings is 2. The number of hydrogen-bond donors (Lipinski definition) is 1. The van der Waals surface area contributed by atoms with Crippen LogP contribution in [0.3, 0.4) is 0 Å². The third kappa shape index (κ3) is 11.1. The van der Waals surface area contributed by atoms with Crippen molar-refractivity contribution in [2.45, 2.75) is 97.4 Å². The summed E-state index contributed by atoms with van der Waals surface area (Å²) in [5, 5.41) is 6.33. The smallest absolute Gasteiger partial charge is 0.255 e. The maximum atomic E-state index is 12.8. The van der Waals surface area contributed by atoms with E-state index >= 15 is 0 Å². The molecule has 2 aromatic carbocycles. The zero-order valence-electron chi connectivity index (χ0n) is 22.8. The number of rotatable bonds is 18. The van der Waals surface area contributed by atoms with Gasteiger partial charge in [-0.05, 0) is 42.8 Å². The van der Waals surface area contributed by atoms with Gasteiger partial charge in [-0.15, -0.1) is 0 Å². The lowest BCUT2D eigenvalue weighted by molar-refractivity contribution is -0.689. The third-order valence-electron chi connectivity index (χ3n) is 6.80. The molecule has 1 N–H and O–H groups in total. The highest BCUT2D eigenvalue weighted by Crippen LogP contribution is 2.18. The van der Waals surface area contributed by atoms with Crippen LogP contribution in [-0.2, 0) is 6.54 Å². The minimum absolute atomic E-state index is 0.0981. The molecule has 4 nitrogen and oxygen atoms in total. The molecule has 1 aromatic heterocycles. The average Bonchev–Trinajstić information content (AvgIpc) is 3.31. The molecule has 200 valence electrons. The zero-order chi connectivity index (χ0) is 26.1. The van der Waals surface area contributed by atoms with E-state index in [0.717, 1.165) is 36.6 Å². The Labute approximate surface area is 228 Å². The van der Waals surface area contributed by atoms with Crippen LogP contribution in [0.15, 0.2) is 60.1 Å². The van der Waals surface area contributed by atoms with Gasteiger partial charge in [-0.1, -0.05) is 101 Å². The maximum absolute atomic E-state index is 12.8. The Morgan fingerprint density at radius 3 is 2.14 bits per heavy atom. The summed E-state index contributed by atoms with van der Waals surface area (Å²) in [6.07, 6.45) is 18.2. The van der Waals surface area contributed by atoms with Crippen molar-refractivity contribution in [3.05, 3.63) is 76.2 Å². The van der Waals surface area contributed by atoms with Gasteiger partial charge in [0.25, 0.3) is 5.91 Å². The number of nitrogens with zero attached hydrogens (tertiary/aromatic N) is 1. The Balaban J connectivity index is 1.28. The highest BCUT2D eigenvalue weighted by atomic mass is 32.1. The predicted octanol–water partition coefficient (Wildman–Crippen LogP) is 8.72. The van der Waals surface area contributed by atoms with E-state index in [1.165, 1.54) is 75.6 Å². The van der Waals surface area contributed by atoms with Gasteiger partial charge in [0, 0.05) is 23.7 Å². The van der Waals surface area contributed by atoms with E-state index in [2.05, 4.69) is 41.4 Å². The predicted molar refractivity (Wildman–Crippen MR) is 156 cm³/mol. The maximum Gasteiger partial charge on any atom is 0.255 e. The quantitative estimate of drug-likeness (QED) is 0.134. The van der Waals surface area contributed by atoms with E-state index in [4.69, 9.17) is 4.74 Å². The Morgan fingerprint density at radius 1 is 0.865 bits per heavy atom. The van der Waals surface area contributed by atoms with Gasteiger partial charge in [0.1, 0.15) is 5.75 Å². The molecule has 5 heteroatoms. The van der Waals surface area contributed by atoms with E-state index < -0.39 is 0 Å². The second kappa shape index (κ2) is 17.0. The molecule has 0 aliphatic heterocycles. The van der Waals surface area contributed by atoms with Crippen LogP contribution in [0, 0.1) is 6.92 Å². The van der Waals surface area contributed by atoms with Gasteiger partial charge in [0.15, 0.2) is 12.7 Å². The normalized spacial score (nSPS) is 11.0. The fourth-order valence-electron chi connectivity index (χ4n) is 4.52. The molecule has 0 fully saturated rings. The Morgan fingerprint density at radius 2 is 1.51 bits per heavy atom. The fraction of sp³-hybridized carbons (Fsp3) is 0.500. The number of anilines is 1. The molecule has 3 rings (SSSR count). The molecule has 3 aromatic rings. The third-order valence-corrected chi connectivity index (χ3v) is 7.64. The molecule has 0 bridgehead atoms. The monoisotopic (exact) mass is 521 g/mol. The molecule has 0 aliphatic rings. The van der Waals surface area contributed by atoms with E-state index in [-0.39, 0.29) is 5.91 Å². The molecule has 1 heterocycles. The molecule has 0 saturated carbocycles. The van der Waals surface area contributed by atoms with Crippen LogP contribution in [-0.4, -0.2) is 12.5 Å². The Hall–Kier alpha value is -2.66. The van der Waals surface area contributed by atoms with E-state index in [1.54, 1.807) is 11.3 Å². The molecule has 0 saturated heterocycles. The molecular weight excluding hydrogens is 476 g/mol. The van der Waals surface area contributed by atoms with E-state index in [0.29, 0.717) is 5.56 Å². The number of carbonyl (C=O) groups excluding carboxylic acids is 1. The summed E-state index contributed by atoms with van der Waals surface area (Å²) < 4.78 is 8.10. The number of hydrogen-bond acceptors (Lipinski definition) is 3.